The first-order chi connectivity index (χ1) is 10.3. The highest BCUT2D eigenvalue weighted by Gasteiger charge is 2.23. The molecular formula is C17H22ClN3O. The van der Waals surface area contributed by atoms with Crippen molar-refractivity contribution in [2.24, 2.45) is 0 Å². The lowest BCUT2D eigenvalue weighted by Crippen LogP contribution is -2.38. The fourth-order valence-electron chi connectivity index (χ4n) is 2.44. The maximum absolute atomic E-state index is 12.6. The van der Waals surface area contributed by atoms with E-state index in [9.17, 15) is 4.79 Å². The van der Waals surface area contributed by atoms with Gasteiger partial charge in [0.1, 0.15) is 12.0 Å². The number of benzene rings is 1. The van der Waals surface area contributed by atoms with E-state index in [0.29, 0.717) is 6.67 Å². The summed E-state index contributed by atoms with van der Waals surface area (Å²) in [6.07, 6.45) is 0. The van der Waals surface area contributed by atoms with Crippen LogP contribution in [0.4, 0.5) is 5.69 Å². The molecule has 0 N–H and O–H groups in total. The number of hydrogen-bond donors (Lipinski definition) is 0. The standard InChI is InChI=1S/C17H22ClN3O/c1-11-6-7-12(2)16(8-11)20(17(22)15(5)18)10-21-14(4)9-13(3)19-21/h6-9,15H,10H2,1-5H3. The minimum atomic E-state index is -0.586. The molecule has 0 aliphatic carbocycles. The van der Waals surface area contributed by atoms with Gasteiger partial charge in [0.05, 0.1) is 5.69 Å². The van der Waals surface area contributed by atoms with Gasteiger partial charge in [-0.2, -0.15) is 5.10 Å². The lowest BCUT2D eigenvalue weighted by atomic mass is 10.1. The first-order valence-corrected chi connectivity index (χ1v) is 7.77. The molecule has 0 fully saturated rings. The Morgan fingerprint density at radius 2 is 1.95 bits per heavy atom. The minimum Gasteiger partial charge on any atom is -0.291 e. The molecule has 0 bridgehead atoms. The van der Waals surface area contributed by atoms with E-state index < -0.39 is 5.38 Å². The number of nitrogens with zero attached hydrogens (tertiary/aromatic N) is 3. The first-order valence-electron chi connectivity index (χ1n) is 7.33. The molecule has 1 heterocycles. The lowest BCUT2D eigenvalue weighted by molar-refractivity contribution is -0.118. The van der Waals surface area contributed by atoms with Crippen LogP contribution in [0.3, 0.4) is 0 Å². The van der Waals surface area contributed by atoms with Crippen molar-refractivity contribution in [3.8, 4) is 0 Å². The summed E-state index contributed by atoms with van der Waals surface area (Å²) in [4.78, 5) is 14.3. The van der Waals surface area contributed by atoms with Crippen molar-refractivity contribution >= 4 is 23.2 Å². The Hall–Kier alpha value is -1.81. The molecule has 1 unspecified atom stereocenters. The second-order valence-electron chi connectivity index (χ2n) is 5.74. The van der Waals surface area contributed by atoms with Crippen LogP contribution in [0.5, 0.6) is 0 Å². The fraction of sp³-hybridized carbons (Fsp3) is 0.412. The predicted octanol–water partition coefficient (Wildman–Crippen LogP) is 3.73. The number of carbonyl (C=O) groups is 1. The summed E-state index contributed by atoms with van der Waals surface area (Å²) < 4.78 is 1.83. The van der Waals surface area contributed by atoms with Crippen molar-refractivity contribution in [1.29, 1.82) is 0 Å². The summed E-state index contributed by atoms with van der Waals surface area (Å²) in [7, 11) is 0. The van der Waals surface area contributed by atoms with E-state index in [0.717, 1.165) is 28.2 Å². The lowest BCUT2D eigenvalue weighted by Gasteiger charge is -2.26. The zero-order chi connectivity index (χ0) is 16.4. The van der Waals surface area contributed by atoms with Gasteiger partial charge in [0.15, 0.2) is 0 Å². The van der Waals surface area contributed by atoms with E-state index >= 15 is 0 Å². The Kier molecular flexibility index (Phi) is 4.91. The van der Waals surface area contributed by atoms with Gasteiger partial charge in [-0.05, 0) is 57.9 Å². The van der Waals surface area contributed by atoms with E-state index in [2.05, 4.69) is 5.10 Å². The molecule has 22 heavy (non-hydrogen) atoms. The second-order valence-corrected chi connectivity index (χ2v) is 6.39. The first kappa shape index (κ1) is 16.6. The molecule has 0 aliphatic rings. The van der Waals surface area contributed by atoms with Crippen LogP contribution < -0.4 is 4.90 Å². The molecule has 4 nitrogen and oxygen atoms in total. The van der Waals surface area contributed by atoms with Crippen molar-refractivity contribution in [3.05, 3.63) is 46.8 Å². The van der Waals surface area contributed by atoms with Gasteiger partial charge in [-0.3, -0.25) is 9.69 Å². The number of halogens is 1. The highest BCUT2D eigenvalue weighted by molar-refractivity contribution is 6.32. The third-order valence-electron chi connectivity index (χ3n) is 3.64. The number of hydrogen-bond acceptors (Lipinski definition) is 2. The predicted molar refractivity (Wildman–Crippen MR) is 90.4 cm³/mol. The molecule has 0 aliphatic heterocycles. The molecule has 0 radical (unpaired) electrons. The second kappa shape index (κ2) is 6.53. The minimum absolute atomic E-state index is 0.122. The maximum Gasteiger partial charge on any atom is 0.246 e. The smallest absolute Gasteiger partial charge is 0.246 e. The molecular weight excluding hydrogens is 298 g/mol. The van der Waals surface area contributed by atoms with Gasteiger partial charge < -0.3 is 0 Å². The van der Waals surface area contributed by atoms with Crippen LogP contribution in [-0.4, -0.2) is 21.1 Å². The van der Waals surface area contributed by atoms with Crippen LogP contribution in [0.1, 0.15) is 29.4 Å². The normalized spacial score (nSPS) is 12.3. The topological polar surface area (TPSA) is 38.1 Å². The van der Waals surface area contributed by atoms with Gasteiger partial charge in [-0.1, -0.05) is 12.1 Å². The summed E-state index contributed by atoms with van der Waals surface area (Å²) in [5, 5.41) is 3.86. The Labute approximate surface area is 136 Å². The van der Waals surface area contributed by atoms with Crippen molar-refractivity contribution in [2.45, 2.75) is 46.7 Å². The quantitative estimate of drug-likeness (QED) is 0.805. The van der Waals surface area contributed by atoms with Gasteiger partial charge in [-0.25, -0.2) is 4.68 Å². The van der Waals surface area contributed by atoms with Gasteiger partial charge in [0.2, 0.25) is 5.91 Å². The van der Waals surface area contributed by atoms with Crippen LogP contribution >= 0.6 is 11.6 Å². The van der Waals surface area contributed by atoms with Crippen molar-refractivity contribution in [3.63, 3.8) is 0 Å². The molecule has 0 spiro atoms. The van der Waals surface area contributed by atoms with E-state index in [1.807, 2.05) is 56.6 Å². The number of anilines is 1. The summed E-state index contributed by atoms with van der Waals surface area (Å²) >= 11 is 6.06. The van der Waals surface area contributed by atoms with Crippen LogP contribution in [0.2, 0.25) is 0 Å². The molecule has 5 heteroatoms. The van der Waals surface area contributed by atoms with E-state index in [1.165, 1.54) is 0 Å². The van der Waals surface area contributed by atoms with Gasteiger partial charge in [-0.15, -0.1) is 11.6 Å². The zero-order valence-corrected chi connectivity index (χ0v) is 14.5. The highest BCUT2D eigenvalue weighted by atomic mass is 35.5. The summed E-state index contributed by atoms with van der Waals surface area (Å²) in [5.41, 5.74) is 4.98. The Bertz CT molecular complexity index is 691. The molecule has 2 aromatic rings. The average molecular weight is 320 g/mol. The number of rotatable bonds is 4. The molecule has 1 amide bonds. The number of alkyl halides is 1. The van der Waals surface area contributed by atoms with Crippen molar-refractivity contribution < 1.29 is 4.79 Å². The van der Waals surface area contributed by atoms with Crippen LogP contribution in [0.25, 0.3) is 0 Å². The number of amides is 1. The largest absolute Gasteiger partial charge is 0.291 e. The molecule has 1 atom stereocenters. The Balaban J connectivity index is 2.45. The summed E-state index contributed by atoms with van der Waals surface area (Å²) in [6.45, 7) is 9.99. The molecule has 2 rings (SSSR count). The number of aromatic nitrogens is 2. The third-order valence-corrected chi connectivity index (χ3v) is 3.83. The molecule has 0 saturated carbocycles. The molecule has 1 aromatic carbocycles. The van der Waals surface area contributed by atoms with Gasteiger partial charge >= 0.3 is 0 Å². The highest BCUT2D eigenvalue weighted by Crippen LogP contribution is 2.24. The molecule has 118 valence electrons. The zero-order valence-electron chi connectivity index (χ0n) is 13.7. The van der Waals surface area contributed by atoms with Crippen LogP contribution in [-0.2, 0) is 11.5 Å². The van der Waals surface area contributed by atoms with E-state index in [-0.39, 0.29) is 5.91 Å². The van der Waals surface area contributed by atoms with Gasteiger partial charge in [0, 0.05) is 11.4 Å². The molecule has 0 saturated heterocycles. The van der Waals surface area contributed by atoms with Crippen molar-refractivity contribution in [2.75, 3.05) is 4.90 Å². The maximum atomic E-state index is 12.6. The Morgan fingerprint density at radius 3 is 2.50 bits per heavy atom. The SMILES string of the molecule is Cc1ccc(C)c(N(Cn2nc(C)cc2C)C(=O)C(C)Cl)c1. The van der Waals surface area contributed by atoms with E-state index in [4.69, 9.17) is 11.6 Å². The van der Waals surface area contributed by atoms with E-state index in [1.54, 1.807) is 11.8 Å². The Morgan fingerprint density at radius 1 is 1.27 bits per heavy atom. The average Bonchev–Trinajstić information content (AvgIpc) is 2.76. The fourth-order valence-corrected chi connectivity index (χ4v) is 2.56. The van der Waals surface area contributed by atoms with Crippen molar-refractivity contribution in [1.82, 2.24) is 9.78 Å². The van der Waals surface area contributed by atoms with Crippen LogP contribution in [0.15, 0.2) is 24.3 Å². The molecule has 1 aromatic heterocycles. The number of carbonyl (C=O) groups excluding carboxylic acids is 1. The summed E-state index contributed by atoms with van der Waals surface area (Å²) in [6, 6.07) is 8.06. The monoisotopic (exact) mass is 319 g/mol. The third kappa shape index (κ3) is 3.50. The van der Waals surface area contributed by atoms with Gasteiger partial charge in [0.25, 0.3) is 0 Å². The number of aryl methyl sites for hydroxylation is 4. The van der Waals surface area contributed by atoms with Crippen LogP contribution in [0, 0.1) is 27.7 Å². The summed E-state index contributed by atoms with van der Waals surface area (Å²) in [5.74, 6) is -0.122.